The van der Waals surface area contributed by atoms with Crippen molar-refractivity contribution in [1.29, 1.82) is 0 Å². The minimum absolute atomic E-state index is 0.0330. The molecule has 0 spiro atoms. The van der Waals surface area contributed by atoms with Gasteiger partial charge in [-0.05, 0) is 80.9 Å². The third kappa shape index (κ3) is 3.55. The lowest BCUT2D eigenvalue weighted by Gasteiger charge is -2.59. The third-order valence-corrected chi connectivity index (χ3v) is 9.54. The molecule has 168 valence electrons. The van der Waals surface area contributed by atoms with Crippen LogP contribution >= 0.6 is 11.6 Å². The van der Waals surface area contributed by atoms with E-state index in [2.05, 4.69) is 10.0 Å². The predicted octanol–water partition coefficient (Wildman–Crippen LogP) is 1.97. The number of sulfonamides is 1. The Hall–Kier alpha value is -1.68. The van der Waals surface area contributed by atoms with E-state index in [0.717, 1.165) is 19.3 Å². The minimum atomic E-state index is -3.88. The molecule has 5 fully saturated rings. The fourth-order valence-corrected chi connectivity index (χ4v) is 8.12. The predicted molar refractivity (Wildman–Crippen MR) is 112 cm³/mol. The third-order valence-electron chi connectivity index (χ3n) is 7.77. The van der Waals surface area contributed by atoms with Crippen molar-refractivity contribution in [3.63, 3.8) is 0 Å². The van der Waals surface area contributed by atoms with Crippen LogP contribution in [0.3, 0.4) is 0 Å². The van der Waals surface area contributed by atoms with E-state index in [0.29, 0.717) is 36.6 Å². The first-order valence-electron chi connectivity index (χ1n) is 10.7. The molecule has 0 saturated heterocycles. The molecule has 31 heavy (non-hydrogen) atoms. The van der Waals surface area contributed by atoms with Gasteiger partial charge < -0.3 is 5.32 Å². The number of hydrogen-bond donors (Lipinski definition) is 4. The Morgan fingerprint density at radius 1 is 1.06 bits per heavy atom. The monoisotopic (exact) mass is 467 g/mol. The number of carbonyl (C=O) groups excluding carboxylic acids is 2. The molecule has 8 nitrogen and oxygen atoms in total. The van der Waals surface area contributed by atoms with Gasteiger partial charge in [0.25, 0.3) is 0 Å². The molecular weight excluding hydrogens is 442 g/mol. The van der Waals surface area contributed by atoms with Gasteiger partial charge in [-0.2, -0.15) is 4.72 Å². The van der Waals surface area contributed by atoms with Crippen LogP contribution < -0.4 is 15.5 Å². The zero-order valence-electron chi connectivity index (χ0n) is 16.9. The molecule has 5 saturated carbocycles. The first-order valence-corrected chi connectivity index (χ1v) is 12.6. The molecule has 2 amide bonds. The molecule has 2 unspecified atom stereocenters. The van der Waals surface area contributed by atoms with E-state index in [9.17, 15) is 23.2 Å². The molecule has 2 atom stereocenters. The summed E-state index contributed by atoms with van der Waals surface area (Å²) in [5.74, 6) is 0.140. The number of rotatable bonds is 6. The molecule has 1 aromatic carbocycles. The van der Waals surface area contributed by atoms with E-state index in [1.54, 1.807) is 12.1 Å². The van der Waals surface area contributed by atoms with Crippen LogP contribution in [0.4, 0.5) is 0 Å². The number of carbonyl (C=O) groups is 2. The van der Waals surface area contributed by atoms with Crippen LogP contribution in [-0.2, 0) is 19.6 Å². The molecule has 4 bridgehead atoms. The maximum atomic E-state index is 13.2. The molecule has 5 aliphatic carbocycles. The van der Waals surface area contributed by atoms with Gasteiger partial charge in [0.2, 0.25) is 21.8 Å². The Morgan fingerprint density at radius 3 is 2.32 bits per heavy atom. The lowest BCUT2D eigenvalue weighted by atomic mass is 9.47. The summed E-state index contributed by atoms with van der Waals surface area (Å²) < 4.78 is 28.2. The van der Waals surface area contributed by atoms with Crippen molar-refractivity contribution in [2.45, 2.75) is 61.4 Å². The SMILES string of the molecule is O=C(NO)C12CC3CC(C1)C(NC(=O)C1(NS(=O)(=O)c4cccc(Cl)c4)CC1)C(C3)C2. The summed E-state index contributed by atoms with van der Waals surface area (Å²) in [6.45, 7) is 0. The van der Waals surface area contributed by atoms with Crippen LogP contribution in [0.5, 0.6) is 0 Å². The molecule has 1 aromatic rings. The van der Waals surface area contributed by atoms with E-state index in [1.807, 2.05) is 5.48 Å². The van der Waals surface area contributed by atoms with Crippen molar-refractivity contribution in [2.75, 3.05) is 0 Å². The normalized spacial score (nSPS) is 34.9. The van der Waals surface area contributed by atoms with E-state index >= 15 is 0 Å². The highest BCUT2D eigenvalue weighted by molar-refractivity contribution is 7.89. The smallest absolute Gasteiger partial charge is 0.249 e. The van der Waals surface area contributed by atoms with E-state index in [4.69, 9.17) is 11.6 Å². The summed E-state index contributed by atoms with van der Waals surface area (Å²) in [5, 5.41) is 12.6. The number of benzene rings is 1. The first-order chi connectivity index (χ1) is 14.7. The van der Waals surface area contributed by atoms with Gasteiger partial charge in [-0.1, -0.05) is 17.7 Å². The largest absolute Gasteiger partial charge is 0.351 e. The quantitative estimate of drug-likeness (QED) is 0.376. The molecule has 5 aliphatic rings. The number of hydroxylamine groups is 1. The van der Waals surface area contributed by atoms with E-state index in [1.165, 1.54) is 12.1 Å². The van der Waals surface area contributed by atoms with Crippen molar-refractivity contribution >= 4 is 33.4 Å². The zero-order chi connectivity index (χ0) is 22.0. The van der Waals surface area contributed by atoms with Gasteiger partial charge in [-0.25, -0.2) is 13.9 Å². The fourth-order valence-electron chi connectivity index (χ4n) is 6.40. The summed E-state index contributed by atoms with van der Waals surface area (Å²) in [5.41, 5.74) is 0.172. The number of halogens is 1. The molecule has 0 radical (unpaired) electrons. The van der Waals surface area contributed by atoms with Crippen molar-refractivity contribution in [2.24, 2.45) is 23.2 Å². The van der Waals surface area contributed by atoms with Gasteiger partial charge in [-0.15, -0.1) is 0 Å². The van der Waals surface area contributed by atoms with Crippen LogP contribution in [0, 0.1) is 23.2 Å². The van der Waals surface area contributed by atoms with Gasteiger partial charge in [0.1, 0.15) is 5.54 Å². The highest BCUT2D eigenvalue weighted by Crippen LogP contribution is 2.60. The second-order valence-electron chi connectivity index (χ2n) is 9.84. The van der Waals surface area contributed by atoms with E-state index < -0.39 is 21.0 Å². The first kappa shape index (κ1) is 21.2. The summed E-state index contributed by atoms with van der Waals surface area (Å²) in [6, 6.07) is 5.89. The van der Waals surface area contributed by atoms with Crippen LogP contribution in [0.15, 0.2) is 29.2 Å². The number of hydrogen-bond acceptors (Lipinski definition) is 5. The molecule has 10 heteroatoms. The number of amides is 2. The lowest BCUT2D eigenvalue weighted by molar-refractivity contribution is -0.158. The molecular formula is C21H26ClN3O5S. The van der Waals surface area contributed by atoms with Crippen LogP contribution in [0.2, 0.25) is 5.02 Å². The molecule has 0 aromatic heterocycles. The standard InChI is InChI=1S/C21H26ClN3O5S/c22-15-2-1-3-16(8-15)31(29,30)25-21(4-5-21)19(27)23-17-13-6-12-7-14(17)11-20(9-12,10-13)18(26)24-28/h1-3,8,12-14,17,25,28H,4-7,9-11H2,(H,23,27)(H,24,26). The summed E-state index contributed by atoms with van der Waals surface area (Å²) >= 11 is 5.93. The second kappa shape index (κ2) is 7.16. The molecule has 0 heterocycles. The molecule has 0 aliphatic heterocycles. The Bertz CT molecular complexity index is 1030. The average Bonchev–Trinajstić information content (AvgIpc) is 3.49. The van der Waals surface area contributed by atoms with Crippen molar-refractivity contribution in [3.05, 3.63) is 29.3 Å². The molecule has 6 rings (SSSR count). The second-order valence-corrected chi connectivity index (χ2v) is 12.0. The Labute approximate surface area is 186 Å². The maximum absolute atomic E-state index is 13.2. The fraction of sp³-hybridized carbons (Fsp3) is 0.619. The van der Waals surface area contributed by atoms with Crippen LogP contribution in [0.25, 0.3) is 0 Å². The van der Waals surface area contributed by atoms with Gasteiger partial charge >= 0.3 is 0 Å². The Morgan fingerprint density at radius 2 is 1.74 bits per heavy atom. The highest BCUT2D eigenvalue weighted by Gasteiger charge is 2.60. The lowest BCUT2D eigenvalue weighted by Crippen LogP contribution is -2.64. The van der Waals surface area contributed by atoms with Crippen molar-refractivity contribution in [3.8, 4) is 0 Å². The summed E-state index contributed by atoms with van der Waals surface area (Å²) in [4.78, 5) is 25.6. The Kier molecular flexibility index (Phi) is 4.89. The minimum Gasteiger partial charge on any atom is -0.351 e. The topological polar surface area (TPSA) is 125 Å². The van der Waals surface area contributed by atoms with Crippen LogP contribution in [0.1, 0.15) is 44.9 Å². The summed E-state index contributed by atoms with van der Waals surface area (Å²) in [7, 11) is -3.88. The van der Waals surface area contributed by atoms with Crippen molar-refractivity contribution < 1.29 is 23.2 Å². The van der Waals surface area contributed by atoms with E-state index in [-0.39, 0.29) is 34.6 Å². The van der Waals surface area contributed by atoms with Crippen LogP contribution in [-0.4, -0.2) is 37.0 Å². The van der Waals surface area contributed by atoms with Gasteiger partial charge in [-0.3, -0.25) is 14.8 Å². The van der Waals surface area contributed by atoms with Crippen molar-refractivity contribution in [1.82, 2.24) is 15.5 Å². The summed E-state index contributed by atoms with van der Waals surface area (Å²) in [6.07, 6.45) is 4.85. The highest BCUT2D eigenvalue weighted by atomic mass is 35.5. The average molecular weight is 468 g/mol. The maximum Gasteiger partial charge on any atom is 0.249 e. The number of nitrogens with one attached hydrogen (secondary N) is 3. The van der Waals surface area contributed by atoms with Gasteiger partial charge in [0.05, 0.1) is 10.3 Å². The zero-order valence-corrected chi connectivity index (χ0v) is 18.5. The molecule has 4 N–H and O–H groups in total. The van der Waals surface area contributed by atoms with Gasteiger partial charge in [0, 0.05) is 11.1 Å². The Balaban J connectivity index is 1.30. The van der Waals surface area contributed by atoms with Gasteiger partial charge in [0.15, 0.2) is 0 Å².